The van der Waals surface area contributed by atoms with Crippen LogP contribution in [-0.2, 0) is 15.1 Å². The predicted octanol–water partition coefficient (Wildman–Crippen LogP) is 4.42. The minimum absolute atomic E-state index is 0.0139. The molecule has 1 fully saturated rings. The van der Waals surface area contributed by atoms with E-state index in [1.54, 1.807) is 30.3 Å². The van der Waals surface area contributed by atoms with E-state index in [1.807, 2.05) is 26.0 Å². The summed E-state index contributed by atoms with van der Waals surface area (Å²) in [7, 11) is 0. The molecule has 0 unspecified atom stereocenters. The summed E-state index contributed by atoms with van der Waals surface area (Å²) in [6.45, 7) is 4.31. The zero-order valence-electron chi connectivity index (χ0n) is 14.3. The van der Waals surface area contributed by atoms with Gasteiger partial charge in [0, 0.05) is 11.1 Å². The van der Waals surface area contributed by atoms with E-state index in [0.29, 0.717) is 23.1 Å². The van der Waals surface area contributed by atoms with Gasteiger partial charge in [-0.1, -0.05) is 35.9 Å². The standard InChI is InChI=1S/C19H17ClN2O4/c1-18(2)11-25-17(21-18)19(14-5-3-4-6-15(14)22(23)24)16(26-19)12-7-9-13(20)10-8-12/h3-10,16H,11H2,1-2H3/t16-,19+/m0/s1. The molecule has 0 N–H and O–H groups in total. The van der Waals surface area contributed by atoms with Gasteiger partial charge < -0.3 is 9.47 Å². The van der Waals surface area contributed by atoms with Gasteiger partial charge in [0.1, 0.15) is 12.7 Å². The fourth-order valence-electron chi connectivity index (χ4n) is 3.30. The van der Waals surface area contributed by atoms with Gasteiger partial charge in [0.15, 0.2) is 0 Å². The molecule has 7 heteroatoms. The smallest absolute Gasteiger partial charge is 0.276 e. The van der Waals surface area contributed by atoms with Gasteiger partial charge in [-0.05, 0) is 37.6 Å². The van der Waals surface area contributed by atoms with Gasteiger partial charge in [0.25, 0.3) is 5.69 Å². The van der Waals surface area contributed by atoms with Crippen LogP contribution in [0.3, 0.4) is 0 Å². The van der Waals surface area contributed by atoms with Crippen LogP contribution in [0.5, 0.6) is 0 Å². The van der Waals surface area contributed by atoms with Crippen molar-refractivity contribution in [2.24, 2.45) is 4.99 Å². The van der Waals surface area contributed by atoms with E-state index in [1.165, 1.54) is 6.07 Å². The van der Waals surface area contributed by atoms with Crippen molar-refractivity contribution in [3.63, 3.8) is 0 Å². The monoisotopic (exact) mass is 372 g/mol. The highest BCUT2D eigenvalue weighted by atomic mass is 35.5. The summed E-state index contributed by atoms with van der Waals surface area (Å²) in [5, 5.41) is 12.2. The van der Waals surface area contributed by atoms with Crippen LogP contribution in [0, 0.1) is 10.1 Å². The van der Waals surface area contributed by atoms with Crippen molar-refractivity contribution in [1.29, 1.82) is 0 Å². The number of hydrogen-bond donors (Lipinski definition) is 0. The summed E-state index contributed by atoms with van der Waals surface area (Å²) in [5.74, 6) is 0.386. The average Bonchev–Trinajstić information content (AvgIpc) is 3.26. The number of nitro benzene ring substituents is 1. The highest BCUT2D eigenvalue weighted by Gasteiger charge is 2.67. The Balaban J connectivity index is 1.86. The maximum Gasteiger partial charge on any atom is 0.276 e. The fraction of sp³-hybridized carbons (Fsp3) is 0.316. The number of nitrogens with zero attached hydrogens (tertiary/aromatic N) is 2. The molecule has 0 radical (unpaired) electrons. The van der Waals surface area contributed by atoms with Gasteiger partial charge in [-0.15, -0.1) is 0 Å². The molecule has 4 rings (SSSR count). The molecule has 2 aliphatic rings. The second-order valence-electron chi connectivity index (χ2n) is 7.08. The van der Waals surface area contributed by atoms with Crippen LogP contribution in [0.4, 0.5) is 5.69 Å². The maximum atomic E-state index is 11.6. The van der Waals surface area contributed by atoms with Crippen LogP contribution in [0.2, 0.25) is 5.02 Å². The highest BCUT2D eigenvalue weighted by molar-refractivity contribution is 6.30. The zero-order chi connectivity index (χ0) is 18.5. The summed E-state index contributed by atoms with van der Waals surface area (Å²) in [5.41, 5.74) is -0.196. The molecule has 0 aliphatic carbocycles. The Morgan fingerprint density at radius 3 is 2.50 bits per heavy atom. The van der Waals surface area contributed by atoms with E-state index in [2.05, 4.69) is 4.99 Å². The number of epoxide rings is 1. The van der Waals surface area contributed by atoms with Crippen LogP contribution in [-0.4, -0.2) is 23.0 Å². The summed E-state index contributed by atoms with van der Waals surface area (Å²) in [6.07, 6.45) is -0.423. The SMILES string of the molecule is CC1(C)COC([C@]2(c3ccccc3[N+](=O)[O-])O[C@H]2c2ccc(Cl)cc2)=N1. The molecule has 2 heterocycles. The first-order valence-electron chi connectivity index (χ1n) is 8.24. The van der Waals surface area contributed by atoms with Gasteiger partial charge in [-0.25, -0.2) is 4.99 Å². The van der Waals surface area contributed by atoms with Crippen molar-refractivity contribution in [2.75, 3.05) is 6.61 Å². The number of halogens is 1. The number of ether oxygens (including phenoxy) is 2. The summed E-state index contributed by atoms with van der Waals surface area (Å²) >= 11 is 5.98. The Hall–Kier alpha value is -2.44. The Bertz CT molecular complexity index is 910. The number of rotatable bonds is 4. The number of benzene rings is 2. The number of nitro groups is 1. The summed E-state index contributed by atoms with van der Waals surface area (Å²) in [4.78, 5) is 15.8. The van der Waals surface area contributed by atoms with E-state index in [4.69, 9.17) is 21.1 Å². The van der Waals surface area contributed by atoms with E-state index < -0.39 is 22.2 Å². The minimum atomic E-state index is -1.09. The van der Waals surface area contributed by atoms with Crippen LogP contribution < -0.4 is 0 Å². The first-order chi connectivity index (χ1) is 12.3. The molecule has 134 valence electrons. The predicted molar refractivity (Wildman–Crippen MR) is 97.5 cm³/mol. The topological polar surface area (TPSA) is 77.3 Å². The third-order valence-corrected chi connectivity index (χ3v) is 4.83. The Morgan fingerprint density at radius 1 is 1.19 bits per heavy atom. The van der Waals surface area contributed by atoms with Crippen molar-refractivity contribution < 1.29 is 14.4 Å². The summed E-state index contributed by atoms with van der Waals surface area (Å²) < 4.78 is 11.9. The Morgan fingerprint density at radius 2 is 1.88 bits per heavy atom. The van der Waals surface area contributed by atoms with E-state index in [-0.39, 0.29) is 5.69 Å². The van der Waals surface area contributed by atoms with Gasteiger partial charge >= 0.3 is 0 Å². The van der Waals surface area contributed by atoms with Crippen LogP contribution >= 0.6 is 11.6 Å². The molecule has 2 aromatic carbocycles. The van der Waals surface area contributed by atoms with Crippen molar-refractivity contribution >= 4 is 23.2 Å². The minimum Gasteiger partial charge on any atom is -0.476 e. The molecular weight excluding hydrogens is 356 g/mol. The van der Waals surface area contributed by atoms with E-state index in [9.17, 15) is 10.1 Å². The van der Waals surface area contributed by atoms with Crippen LogP contribution in [0.15, 0.2) is 53.5 Å². The van der Waals surface area contributed by atoms with E-state index in [0.717, 1.165) is 5.56 Å². The summed E-state index contributed by atoms with van der Waals surface area (Å²) in [6, 6.07) is 13.8. The number of aliphatic imine (C=N–C) groups is 1. The second kappa shape index (κ2) is 5.79. The molecule has 2 aromatic rings. The molecule has 0 amide bonds. The first kappa shape index (κ1) is 17.0. The molecule has 2 aliphatic heterocycles. The number of para-hydroxylation sites is 1. The van der Waals surface area contributed by atoms with Crippen LogP contribution in [0.25, 0.3) is 0 Å². The largest absolute Gasteiger partial charge is 0.476 e. The quantitative estimate of drug-likeness (QED) is 0.452. The molecule has 0 spiro atoms. The Kier molecular flexibility index (Phi) is 3.78. The first-order valence-corrected chi connectivity index (χ1v) is 8.62. The fourth-order valence-corrected chi connectivity index (χ4v) is 3.42. The van der Waals surface area contributed by atoms with Crippen molar-refractivity contribution in [3.8, 4) is 0 Å². The zero-order valence-corrected chi connectivity index (χ0v) is 15.1. The molecule has 0 bridgehead atoms. The van der Waals surface area contributed by atoms with Gasteiger partial charge in [0.2, 0.25) is 11.5 Å². The van der Waals surface area contributed by atoms with Crippen molar-refractivity contribution in [2.45, 2.75) is 31.1 Å². The molecule has 26 heavy (non-hydrogen) atoms. The van der Waals surface area contributed by atoms with E-state index >= 15 is 0 Å². The highest BCUT2D eigenvalue weighted by Crippen LogP contribution is 2.60. The molecular formula is C19H17ClN2O4. The van der Waals surface area contributed by atoms with Crippen molar-refractivity contribution in [1.82, 2.24) is 0 Å². The lowest BCUT2D eigenvalue weighted by molar-refractivity contribution is -0.385. The van der Waals surface area contributed by atoms with Gasteiger partial charge in [-0.2, -0.15) is 0 Å². The molecule has 1 saturated heterocycles. The lowest BCUT2D eigenvalue weighted by atomic mass is 9.90. The third kappa shape index (κ3) is 2.66. The lowest BCUT2D eigenvalue weighted by Gasteiger charge is -2.14. The molecule has 2 atom stereocenters. The normalized spacial score (nSPS) is 26.1. The third-order valence-electron chi connectivity index (χ3n) is 4.57. The van der Waals surface area contributed by atoms with Gasteiger partial charge in [-0.3, -0.25) is 10.1 Å². The molecule has 0 aromatic heterocycles. The van der Waals surface area contributed by atoms with Crippen LogP contribution in [0.1, 0.15) is 31.1 Å². The maximum absolute atomic E-state index is 11.6. The lowest BCUT2D eigenvalue weighted by Crippen LogP contribution is -2.24. The number of hydrogen-bond acceptors (Lipinski definition) is 5. The Labute approximate surface area is 155 Å². The molecule has 6 nitrogen and oxygen atoms in total. The second-order valence-corrected chi connectivity index (χ2v) is 7.51. The average molecular weight is 373 g/mol. The van der Waals surface area contributed by atoms with Crippen molar-refractivity contribution in [3.05, 3.63) is 74.8 Å². The van der Waals surface area contributed by atoms with Gasteiger partial charge in [0.05, 0.1) is 16.0 Å². The molecule has 0 saturated carbocycles.